The molecule has 2 rings (SSSR count). The fraction of sp³-hybridized carbons (Fsp3) is 0.706. The quantitative estimate of drug-likeness (QED) is 0.663. The Balaban J connectivity index is 2.09. The van der Waals surface area contributed by atoms with E-state index in [1.54, 1.807) is 17.9 Å². The lowest BCUT2D eigenvalue weighted by Crippen LogP contribution is -2.41. The zero-order chi connectivity index (χ0) is 19.3. The lowest BCUT2D eigenvalue weighted by Gasteiger charge is -2.26. The Morgan fingerprint density at radius 2 is 2.08 bits per heavy atom. The summed E-state index contributed by atoms with van der Waals surface area (Å²) >= 11 is 0. The Bertz CT molecular complexity index is 736. The third-order valence-electron chi connectivity index (χ3n) is 4.40. The van der Waals surface area contributed by atoms with Crippen molar-refractivity contribution in [1.82, 2.24) is 19.8 Å². The highest BCUT2D eigenvalue weighted by Crippen LogP contribution is 2.20. The van der Waals surface area contributed by atoms with Crippen molar-refractivity contribution in [2.45, 2.75) is 32.7 Å². The first-order valence-corrected chi connectivity index (χ1v) is 10.8. The molecule has 1 amide bonds. The van der Waals surface area contributed by atoms with E-state index in [1.165, 1.54) is 0 Å². The summed E-state index contributed by atoms with van der Waals surface area (Å²) in [7, 11) is 0.996. The number of sulfone groups is 1. The van der Waals surface area contributed by atoms with Crippen LogP contribution in [0.4, 0.5) is 5.82 Å². The van der Waals surface area contributed by atoms with Crippen molar-refractivity contribution < 1.29 is 13.2 Å². The van der Waals surface area contributed by atoms with Crippen LogP contribution in [-0.4, -0.2) is 85.4 Å². The smallest absolute Gasteiger partial charge is 0.272 e. The van der Waals surface area contributed by atoms with Crippen LogP contribution in [0.3, 0.4) is 0 Å². The number of rotatable bonds is 8. The van der Waals surface area contributed by atoms with E-state index >= 15 is 0 Å². The zero-order valence-electron chi connectivity index (χ0n) is 16.0. The van der Waals surface area contributed by atoms with Gasteiger partial charge in [0.15, 0.2) is 9.84 Å². The predicted octanol–water partition coefficient (Wildman–Crippen LogP) is 0.798. The number of nitrogens with one attached hydrogen (secondary N) is 1. The van der Waals surface area contributed by atoms with Gasteiger partial charge in [0, 0.05) is 25.2 Å². The highest BCUT2D eigenvalue weighted by molar-refractivity contribution is 7.91. The van der Waals surface area contributed by atoms with E-state index in [4.69, 9.17) is 0 Å². The minimum absolute atomic E-state index is 0.0340. The Morgan fingerprint density at radius 1 is 1.35 bits per heavy atom. The normalized spacial score (nSPS) is 18.9. The number of nitrogens with zero attached hydrogens (tertiary/aromatic N) is 4. The summed E-state index contributed by atoms with van der Waals surface area (Å²) in [6.07, 6.45) is 1.45. The van der Waals surface area contributed by atoms with E-state index in [0.717, 1.165) is 19.5 Å². The van der Waals surface area contributed by atoms with Gasteiger partial charge >= 0.3 is 0 Å². The maximum Gasteiger partial charge on any atom is 0.272 e. The van der Waals surface area contributed by atoms with E-state index in [2.05, 4.69) is 20.2 Å². The number of amides is 1. The molecule has 2 heterocycles. The summed E-state index contributed by atoms with van der Waals surface area (Å²) in [6, 6.07) is 1.38. The second-order valence-corrected chi connectivity index (χ2v) is 9.15. The molecule has 1 unspecified atom stereocenters. The van der Waals surface area contributed by atoms with Crippen LogP contribution in [-0.2, 0) is 9.84 Å². The van der Waals surface area contributed by atoms with Gasteiger partial charge in [-0.3, -0.25) is 4.79 Å². The standard InChI is InChI=1S/C17H29N5O3S/c1-5-22(14-7-10-26(24,25)12-14)17(23)15-11-16(20-13(2)19-15)18-8-6-9-21(3)4/h11,14H,5-10,12H2,1-4H3,(H,18,19,20). The highest BCUT2D eigenvalue weighted by atomic mass is 32.2. The van der Waals surface area contributed by atoms with Gasteiger partial charge in [-0.05, 0) is 47.3 Å². The zero-order valence-corrected chi connectivity index (χ0v) is 16.8. The average molecular weight is 384 g/mol. The Labute approximate surface area is 155 Å². The molecule has 1 aliphatic heterocycles. The third-order valence-corrected chi connectivity index (χ3v) is 6.15. The van der Waals surface area contributed by atoms with E-state index in [-0.39, 0.29) is 23.5 Å². The largest absolute Gasteiger partial charge is 0.370 e. The fourth-order valence-electron chi connectivity index (χ4n) is 3.12. The lowest BCUT2D eigenvalue weighted by atomic mass is 10.2. The molecule has 0 bridgehead atoms. The van der Waals surface area contributed by atoms with Crippen LogP contribution >= 0.6 is 0 Å². The molecule has 1 saturated heterocycles. The van der Waals surface area contributed by atoms with Gasteiger partial charge in [0.2, 0.25) is 0 Å². The molecule has 0 radical (unpaired) electrons. The molecule has 26 heavy (non-hydrogen) atoms. The summed E-state index contributed by atoms with van der Waals surface area (Å²) < 4.78 is 23.5. The molecule has 9 heteroatoms. The molecule has 1 aromatic rings. The Morgan fingerprint density at radius 3 is 2.65 bits per heavy atom. The van der Waals surface area contributed by atoms with E-state index in [1.807, 2.05) is 21.0 Å². The second kappa shape index (κ2) is 8.77. The topological polar surface area (TPSA) is 95.5 Å². The van der Waals surface area contributed by atoms with Gasteiger partial charge in [-0.1, -0.05) is 0 Å². The van der Waals surface area contributed by atoms with Crippen LogP contribution in [0.1, 0.15) is 36.1 Å². The first kappa shape index (κ1) is 20.6. The second-order valence-electron chi connectivity index (χ2n) is 6.92. The van der Waals surface area contributed by atoms with E-state index in [9.17, 15) is 13.2 Å². The maximum atomic E-state index is 12.9. The number of carbonyl (C=O) groups excluding carboxylic acids is 1. The molecular formula is C17H29N5O3S. The molecule has 146 valence electrons. The Hall–Kier alpha value is -1.74. The Kier molecular flexibility index (Phi) is 6.94. The number of aromatic nitrogens is 2. The van der Waals surface area contributed by atoms with Crippen molar-refractivity contribution in [2.75, 3.05) is 50.6 Å². The van der Waals surface area contributed by atoms with Crippen molar-refractivity contribution in [3.8, 4) is 0 Å². The van der Waals surface area contributed by atoms with Crippen LogP contribution in [0.25, 0.3) is 0 Å². The number of hydrogen-bond donors (Lipinski definition) is 1. The molecule has 1 N–H and O–H groups in total. The predicted molar refractivity (Wildman–Crippen MR) is 102 cm³/mol. The number of hydrogen-bond acceptors (Lipinski definition) is 7. The summed E-state index contributed by atoms with van der Waals surface area (Å²) in [5, 5.41) is 3.23. The molecular weight excluding hydrogens is 354 g/mol. The summed E-state index contributed by atoms with van der Waals surface area (Å²) in [5.41, 5.74) is 0.304. The van der Waals surface area contributed by atoms with Gasteiger partial charge in [-0.2, -0.15) is 0 Å². The molecule has 1 fully saturated rings. The molecule has 1 aromatic heterocycles. The number of carbonyl (C=O) groups is 1. The molecule has 0 aliphatic carbocycles. The van der Waals surface area contributed by atoms with Crippen molar-refractivity contribution in [3.63, 3.8) is 0 Å². The van der Waals surface area contributed by atoms with Crippen molar-refractivity contribution >= 4 is 21.6 Å². The van der Waals surface area contributed by atoms with Crippen molar-refractivity contribution in [2.24, 2.45) is 0 Å². The molecule has 8 nitrogen and oxygen atoms in total. The van der Waals surface area contributed by atoms with Gasteiger partial charge in [-0.15, -0.1) is 0 Å². The third kappa shape index (κ3) is 5.63. The van der Waals surface area contributed by atoms with Gasteiger partial charge in [0.25, 0.3) is 5.91 Å². The summed E-state index contributed by atoms with van der Waals surface area (Å²) in [6.45, 7) is 5.77. The van der Waals surface area contributed by atoms with Crippen molar-refractivity contribution in [3.05, 3.63) is 17.6 Å². The van der Waals surface area contributed by atoms with Gasteiger partial charge < -0.3 is 15.1 Å². The molecule has 0 spiro atoms. The van der Waals surface area contributed by atoms with Gasteiger partial charge in [0.1, 0.15) is 17.3 Å². The van der Waals surface area contributed by atoms with Crippen LogP contribution in [0.2, 0.25) is 0 Å². The number of aryl methyl sites for hydroxylation is 1. The monoisotopic (exact) mass is 383 g/mol. The molecule has 1 atom stereocenters. The summed E-state index contributed by atoms with van der Waals surface area (Å²) in [5.74, 6) is 1.07. The van der Waals surface area contributed by atoms with Crippen molar-refractivity contribution in [1.29, 1.82) is 0 Å². The van der Waals surface area contributed by atoms with Gasteiger partial charge in [-0.25, -0.2) is 18.4 Å². The van der Waals surface area contributed by atoms with E-state index < -0.39 is 9.84 Å². The maximum absolute atomic E-state index is 12.9. The molecule has 1 aliphatic rings. The van der Waals surface area contributed by atoms with Gasteiger partial charge in [0.05, 0.1) is 11.5 Å². The molecule has 0 saturated carbocycles. The van der Waals surface area contributed by atoms with Crippen LogP contribution in [0, 0.1) is 6.92 Å². The minimum atomic E-state index is -3.05. The van der Waals surface area contributed by atoms with Crippen LogP contribution in [0.5, 0.6) is 0 Å². The minimum Gasteiger partial charge on any atom is -0.370 e. The van der Waals surface area contributed by atoms with Crippen LogP contribution in [0.15, 0.2) is 6.07 Å². The summed E-state index contributed by atoms with van der Waals surface area (Å²) in [4.78, 5) is 25.2. The average Bonchev–Trinajstić information content (AvgIpc) is 2.91. The first-order chi connectivity index (χ1) is 12.2. The lowest BCUT2D eigenvalue weighted by molar-refractivity contribution is 0.0702. The first-order valence-electron chi connectivity index (χ1n) is 8.97. The number of anilines is 1. The highest BCUT2D eigenvalue weighted by Gasteiger charge is 2.34. The SMILES string of the molecule is CCN(C(=O)c1cc(NCCCN(C)C)nc(C)n1)C1CCS(=O)(=O)C1. The van der Waals surface area contributed by atoms with Crippen LogP contribution < -0.4 is 5.32 Å². The molecule has 0 aromatic carbocycles. The van der Waals surface area contributed by atoms with E-state index in [0.29, 0.717) is 30.3 Å². The fourth-order valence-corrected chi connectivity index (χ4v) is 4.85.